The molecule has 0 spiro atoms. The standard InChI is InChI=1S/C22H23N3O4/c1-13-23-17-7-5-4-6-16(17)22(27)25(13)12-20(26)24-18-10-8-15-14(18)9-11-19(28-2)21(15)29-3/h4-7,9,11,18H,8,10,12H2,1-3H3,(H,24,26). The van der Waals surface area contributed by atoms with Crippen LogP contribution in [0.15, 0.2) is 41.2 Å². The van der Waals surface area contributed by atoms with Crippen LogP contribution >= 0.6 is 0 Å². The third kappa shape index (κ3) is 3.33. The van der Waals surface area contributed by atoms with Crippen LogP contribution in [-0.2, 0) is 17.8 Å². The number of hydrogen-bond acceptors (Lipinski definition) is 5. The van der Waals surface area contributed by atoms with Crippen molar-refractivity contribution < 1.29 is 14.3 Å². The Morgan fingerprint density at radius 2 is 2.00 bits per heavy atom. The van der Waals surface area contributed by atoms with E-state index >= 15 is 0 Å². The lowest BCUT2D eigenvalue weighted by atomic mass is 10.1. The highest BCUT2D eigenvalue weighted by Gasteiger charge is 2.28. The van der Waals surface area contributed by atoms with Gasteiger partial charge in [0.05, 0.1) is 31.2 Å². The van der Waals surface area contributed by atoms with Gasteiger partial charge in [-0.15, -0.1) is 0 Å². The minimum atomic E-state index is -0.222. The molecule has 1 N–H and O–H groups in total. The van der Waals surface area contributed by atoms with Gasteiger partial charge in [0, 0.05) is 5.56 Å². The number of aromatic nitrogens is 2. The third-order valence-electron chi connectivity index (χ3n) is 5.43. The van der Waals surface area contributed by atoms with Crippen LogP contribution in [-0.4, -0.2) is 29.7 Å². The van der Waals surface area contributed by atoms with Crippen molar-refractivity contribution in [2.45, 2.75) is 32.4 Å². The van der Waals surface area contributed by atoms with Gasteiger partial charge < -0.3 is 14.8 Å². The normalized spacial score (nSPS) is 15.2. The van der Waals surface area contributed by atoms with Gasteiger partial charge in [0.25, 0.3) is 5.56 Å². The number of aryl methyl sites for hydroxylation is 1. The van der Waals surface area contributed by atoms with Crippen LogP contribution in [0, 0.1) is 6.92 Å². The van der Waals surface area contributed by atoms with Crippen LogP contribution in [0.25, 0.3) is 10.9 Å². The van der Waals surface area contributed by atoms with Crippen molar-refractivity contribution in [2.75, 3.05) is 14.2 Å². The van der Waals surface area contributed by atoms with Crippen LogP contribution in [0.2, 0.25) is 0 Å². The first-order chi connectivity index (χ1) is 14.0. The molecule has 2 aromatic carbocycles. The summed E-state index contributed by atoms with van der Waals surface area (Å²) >= 11 is 0. The monoisotopic (exact) mass is 393 g/mol. The molecule has 7 heteroatoms. The zero-order valence-corrected chi connectivity index (χ0v) is 16.7. The highest BCUT2D eigenvalue weighted by molar-refractivity contribution is 5.79. The van der Waals surface area contributed by atoms with Gasteiger partial charge in [-0.3, -0.25) is 14.2 Å². The number of amides is 1. The predicted molar refractivity (Wildman–Crippen MR) is 109 cm³/mol. The number of carbonyl (C=O) groups is 1. The summed E-state index contributed by atoms with van der Waals surface area (Å²) in [7, 11) is 3.22. The van der Waals surface area contributed by atoms with E-state index < -0.39 is 0 Å². The zero-order valence-electron chi connectivity index (χ0n) is 16.7. The number of benzene rings is 2. The molecule has 3 aromatic rings. The number of methoxy groups -OCH3 is 2. The maximum atomic E-state index is 12.8. The molecule has 7 nitrogen and oxygen atoms in total. The van der Waals surface area contributed by atoms with Gasteiger partial charge in [-0.25, -0.2) is 4.98 Å². The van der Waals surface area contributed by atoms with Gasteiger partial charge in [-0.2, -0.15) is 0 Å². The van der Waals surface area contributed by atoms with E-state index in [4.69, 9.17) is 9.47 Å². The molecule has 1 aliphatic carbocycles. The van der Waals surface area contributed by atoms with Crippen molar-refractivity contribution in [3.63, 3.8) is 0 Å². The van der Waals surface area contributed by atoms with Crippen molar-refractivity contribution in [1.82, 2.24) is 14.9 Å². The Kier molecular flexibility index (Phi) is 4.96. The summed E-state index contributed by atoms with van der Waals surface area (Å²) in [6.45, 7) is 1.67. The fourth-order valence-corrected chi connectivity index (χ4v) is 4.03. The molecule has 29 heavy (non-hydrogen) atoms. The third-order valence-corrected chi connectivity index (χ3v) is 5.43. The molecule has 150 valence electrons. The van der Waals surface area contributed by atoms with Crippen molar-refractivity contribution >= 4 is 16.8 Å². The Morgan fingerprint density at radius 3 is 2.76 bits per heavy atom. The summed E-state index contributed by atoms with van der Waals surface area (Å²) in [4.78, 5) is 30.0. The van der Waals surface area contributed by atoms with Crippen LogP contribution in [0.5, 0.6) is 11.5 Å². The Bertz CT molecular complexity index is 1150. The van der Waals surface area contributed by atoms with Gasteiger partial charge in [0.15, 0.2) is 11.5 Å². The van der Waals surface area contributed by atoms with Crippen LogP contribution < -0.4 is 20.3 Å². The summed E-state index contributed by atoms with van der Waals surface area (Å²) in [5.41, 5.74) is 2.51. The molecule has 1 heterocycles. The van der Waals surface area contributed by atoms with E-state index in [0.29, 0.717) is 28.2 Å². The molecule has 1 aromatic heterocycles. The SMILES string of the molecule is COc1ccc2c(c1OC)CCC2NC(=O)Cn1c(C)nc2ccccc2c1=O. The van der Waals surface area contributed by atoms with E-state index in [-0.39, 0.29) is 24.1 Å². The van der Waals surface area contributed by atoms with Crippen molar-refractivity contribution in [2.24, 2.45) is 0 Å². The first-order valence-electron chi connectivity index (χ1n) is 9.52. The van der Waals surface area contributed by atoms with E-state index in [1.807, 2.05) is 18.2 Å². The van der Waals surface area contributed by atoms with Gasteiger partial charge in [0.2, 0.25) is 5.91 Å². The molecule has 0 aliphatic heterocycles. The number of carbonyl (C=O) groups excluding carboxylic acids is 1. The molecule has 0 fully saturated rings. The number of para-hydroxylation sites is 1. The second kappa shape index (κ2) is 7.58. The Labute approximate surface area is 168 Å². The highest BCUT2D eigenvalue weighted by Crippen LogP contribution is 2.42. The average molecular weight is 393 g/mol. The Morgan fingerprint density at radius 1 is 1.21 bits per heavy atom. The Hall–Kier alpha value is -3.35. The maximum Gasteiger partial charge on any atom is 0.261 e. The molecule has 1 amide bonds. The number of ether oxygens (including phenoxy) is 2. The lowest BCUT2D eigenvalue weighted by Crippen LogP contribution is -2.35. The van der Waals surface area contributed by atoms with Crippen molar-refractivity contribution in [3.05, 3.63) is 63.7 Å². The number of nitrogens with zero attached hydrogens (tertiary/aromatic N) is 2. The molecule has 1 unspecified atom stereocenters. The number of nitrogens with one attached hydrogen (secondary N) is 1. The number of hydrogen-bond donors (Lipinski definition) is 1. The Balaban J connectivity index is 1.57. The second-order valence-electron chi connectivity index (χ2n) is 7.10. The molecular formula is C22H23N3O4. The molecule has 0 bridgehead atoms. The van der Waals surface area contributed by atoms with E-state index in [9.17, 15) is 9.59 Å². The summed E-state index contributed by atoms with van der Waals surface area (Å²) < 4.78 is 12.3. The topological polar surface area (TPSA) is 82.4 Å². The summed E-state index contributed by atoms with van der Waals surface area (Å²) in [5, 5.41) is 3.56. The van der Waals surface area contributed by atoms with Crippen LogP contribution in [0.1, 0.15) is 29.4 Å². The first-order valence-corrected chi connectivity index (χ1v) is 9.52. The van der Waals surface area contributed by atoms with Gasteiger partial charge >= 0.3 is 0 Å². The largest absolute Gasteiger partial charge is 0.493 e. The first kappa shape index (κ1) is 19.0. The molecule has 1 atom stereocenters. The molecule has 0 saturated heterocycles. The fraction of sp³-hybridized carbons (Fsp3) is 0.318. The van der Waals surface area contributed by atoms with Crippen molar-refractivity contribution in [3.8, 4) is 11.5 Å². The average Bonchev–Trinajstić information content (AvgIpc) is 3.13. The minimum absolute atomic E-state index is 0.0678. The van der Waals surface area contributed by atoms with E-state index in [1.54, 1.807) is 39.3 Å². The van der Waals surface area contributed by atoms with E-state index in [2.05, 4.69) is 10.3 Å². The summed E-state index contributed by atoms with van der Waals surface area (Å²) in [6, 6.07) is 10.8. The van der Waals surface area contributed by atoms with Gasteiger partial charge in [-0.1, -0.05) is 18.2 Å². The second-order valence-corrected chi connectivity index (χ2v) is 7.10. The molecule has 1 aliphatic rings. The summed E-state index contributed by atoms with van der Waals surface area (Å²) in [6.07, 6.45) is 1.56. The van der Waals surface area contributed by atoms with Crippen LogP contribution in [0.4, 0.5) is 0 Å². The van der Waals surface area contributed by atoms with Gasteiger partial charge in [0.1, 0.15) is 12.4 Å². The van der Waals surface area contributed by atoms with E-state index in [1.165, 1.54) is 4.57 Å². The summed E-state index contributed by atoms with van der Waals surface area (Å²) in [5.74, 6) is 1.69. The van der Waals surface area contributed by atoms with E-state index in [0.717, 1.165) is 24.0 Å². The smallest absolute Gasteiger partial charge is 0.261 e. The quantitative estimate of drug-likeness (QED) is 0.720. The number of fused-ring (bicyclic) bond motifs is 2. The highest BCUT2D eigenvalue weighted by atomic mass is 16.5. The van der Waals surface area contributed by atoms with Crippen LogP contribution in [0.3, 0.4) is 0 Å². The maximum absolute atomic E-state index is 12.8. The lowest BCUT2D eigenvalue weighted by Gasteiger charge is -2.17. The van der Waals surface area contributed by atoms with Gasteiger partial charge in [-0.05, 0) is 43.5 Å². The van der Waals surface area contributed by atoms with Crippen molar-refractivity contribution in [1.29, 1.82) is 0 Å². The molecule has 0 saturated carbocycles. The molecule has 4 rings (SSSR count). The molecule has 0 radical (unpaired) electrons. The number of rotatable bonds is 5. The zero-order chi connectivity index (χ0) is 20.5. The lowest BCUT2D eigenvalue weighted by molar-refractivity contribution is -0.122. The predicted octanol–water partition coefficient (Wildman–Crippen LogP) is 2.53. The molecular weight excluding hydrogens is 370 g/mol. The minimum Gasteiger partial charge on any atom is -0.493 e. The fourth-order valence-electron chi connectivity index (χ4n) is 4.03.